The van der Waals surface area contributed by atoms with Crippen LogP contribution in [-0.4, -0.2) is 58.6 Å². The summed E-state index contributed by atoms with van der Waals surface area (Å²) in [6, 6.07) is 2.76. The van der Waals surface area contributed by atoms with Crippen molar-refractivity contribution >= 4 is 23.7 Å². The highest BCUT2D eigenvalue weighted by molar-refractivity contribution is 6.05. The fourth-order valence-corrected chi connectivity index (χ4v) is 2.70. The number of hydrogen-bond donors (Lipinski definition) is 2. The molecular formula is C16H19N3O7. The van der Waals surface area contributed by atoms with Crippen molar-refractivity contribution < 1.29 is 29.2 Å². The minimum atomic E-state index is -1.35. The Bertz CT molecular complexity index is 727. The average molecular weight is 365 g/mol. The Kier molecular flexibility index (Phi) is 6.10. The molecule has 2 N–H and O–H groups in total. The number of benzene rings is 1. The molecule has 0 saturated carbocycles. The van der Waals surface area contributed by atoms with Crippen LogP contribution in [0, 0.1) is 10.1 Å². The number of non-ortho nitro benzene ring substituents is 1. The highest BCUT2D eigenvalue weighted by Crippen LogP contribution is 2.19. The molecule has 1 saturated heterocycles. The van der Waals surface area contributed by atoms with Crippen LogP contribution in [0.2, 0.25) is 0 Å². The van der Waals surface area contributed by atoms with Crippen LogP contribution < -0.4 is 5.32 Å². The predicted octanol–water partition coefficient (Wildman–Crippen LogP) is 1.64. The van der Waals surface area contributed by atoms with Gasteiger partial charge in [-0.05, 0) is 25.8 Å². The Morgan fingerprint density at radius 2 is 1.96 bits per heavy atom. The van der Waals surface area contributed by atoms with Gasteiger partial charge >= 0.3 is 12.1 Å². The van der Waals surface area contributed by atoms with Gasteiger partial charge in [-0.25, -0.2) is 9.59 Å². The molecule has 1 aromatic rings. The summed E-state index contributed by atoms with van der Waals surface area (Å²) in [5.74, 6) is -2.04. The van der Waals surface area contributed by atoms with Crippen molar-refractivity contribution in [2.24, 2.45) is 0 Å². The molecule has 1 aliphatic heterocycles. The molecule has 140 valence electrons. The maximum atomic E-state index is 12.4. The third kappa shape index (κ3) is 4.47. The summed E-state index contributed by atoms with van der Waals surface area (Å²) in [6.07, 6.45) is 0.535. The lowest BCUT2D eigenvalue weighted by molar-refractivity contribution is -0.384. The maximum absolute atomic E-state index is 12.4. The zero-order valence-corrected chi connectivity index (χ0v) is 14.1. The van der Waals surface area contributed by atoms with Crippen LogP contribution in [0.15, 0.2) is 18.2 Å². The fraction of sp³-hybridized carbons (Fsp3) is 0.438. The van der Waals surface area contributed by atoms with E-state index in [-0.39, 0.29) is 29.5 Å². The zero-order valence-electron chi connectivity index (χ0n) is 14.1. The van der Waals surface area contributed by atoms with Gasteiger partial charge in [0, 0.05) is 31.3 Å². The molecule has 1 aromatic carbocycles. The lowest BCUT2D eigenvalue weighted by atomic mass is 10.0. The number of carboxylic acids is 1. The number of hydrogen-bond acceptors (Lipinski definition) is 6. The van der Waals surface area contributed by atoms with Gasteiger partial charge in [0.05, 0.1) is 22.7 Å². The fourth-order valence-electron chi connectivity index (χ4n) is 2.70. The number of nitrogens with one attached hydrogen (secondary N) is 1. The van der Waals surface area contributed by atoms with Crippen LogP contribution in [0.3, 0.4) is 0 Å². The summed E-state index contributed by atoms with van der Waals surface area (Å²) < 4.78 is 4.92. The third-order valence-corrected chi connectivity index (χ3v) is 4.05. The van der Waals surface area contributed by atoms with Gasteiger partial charge in [0.15, 0.2) is 0 Å². The van der Waals surface area contributed by atoms with Gasteiger partial charge in [0.1, 0.15) is 0 Å². The highest BCUT2D eigenvalue weighted by Gasteiger charge is 2.27. The molecule has 0 bridgehead atoms. The molecule has 2 rings (SSSR count). The molecule has 1 fully saturated rings. The van der Waals surface area contributed by atoms with Crippen molar-refractivity contribution in [3.8, 4) is 0 Å². The number of nitro groups is 1. The van der Waals surface area contributed by atoms with E-state index in [0.717, 1.165) is 18.2 Å². The quantitative estimate of drug-likeness (QED) is 0.597. The molecule has 1 aliphatic rings. The Morgan fingerprint density at radius 3 is 2.50 bits per heavy atom. The number of nitrogens with zero attached hydrogens (tertiary/aromatic N) is 2. The summed E-state index contributed by atoms with van der Waals surface area (Å²) in [4.78, 5) is 47.1. The monoisotopic (exact) mass is 365 g/mol. The van der Waals surface area contributed by atoms with Crippen LogP contribution in [0.25, 0.3) is 0 Å². The van der Waals surface area contributed by atoms with Gasteiger partial charge in [0.25, 0.3) is 11.6 Å². The minimum absolute atomic E-state index is 0.264. The molecule has 0 unspecified atom stereocenters. The second kappa shape index (κ2) is 8.28. The van der Waals surface area contributed by atoms with E-state index in [9.17, 15) is 29.6 Å². The van der Waals surface area contributed by atoms with Crippen molar-refractivity contribution in [2.45, 2.75) is 25.8 Å². The third-order valence-electron chi connectivity index (χ3n) is 4.05. The summed E-state index contributed by atoms with van der Waals surface area (Å²) >= 11 is 0. The lowest BCUT2D eigenvalue weighted by Gasteiger charge is -2.31. The largest absolute Gasteiger partial charge is 0.478 e. The van der Waals surface area contributed by atoms with E-state index >= 15 is 0 Å². The number of piperidine rings is 1. The maximum Gasteiger partial charge on any atom is 0.409 e. The molecule has 0 aromatic heterocycles. The van der Waals surface area contributed by atoms with Crippen molar-refractivity contribution in [3.05, 3.63) is 39.4 Å². The molecule has 0 atom stereocenters. The van der Waals surface area contributed by atoms with E-state index in [4.69, 9.17) is 4.74 Å². The first-order chi connectivity index (χ1) is 12.3. The molecule has 2 amide bonds. The summed E-state index contributed by atoms with van der Waals surface area (Å²) in [5.41, 5.74) is -0.936. The number of aromatic carboxylic acids is 1. The molecule has 10 nitrogen and oxygen atoms in total. The first-order valence-corrected chi connectivity index (χ1v) is 8.07. The van der Waals surface area contributed by atoms with Crippen molar-refractivity contribution in [2.75, 3.05) is 19.7 Å². The van der Waals surface area contributed by atoms with Crippen LogP contribution in [0.1, 0.15) is 40.5 Å². The summed E-state index contributed by atoms with van der Waals surface area (Å²) in [7, 11) is 0. The Morgan fingerprint density at radius 1 is 1.31 bits per heavy atom. The van der Waals surface area contributed by atoms with Crippen molar-refractivity contribution in [1.29, 1.82) is 0 Å². The first-order valence-electron chi connectivity index (χ1n) is 8.07. The normalized spacial score (nSPS) is 14.6. The molecule has 0 radical (unpaired) electrons. The van der Waals surface area contributed by atoms with Crippen LogP contribution in [0.4, 0.5) is 10.5 Å². The van der Waals surface area contributed by atoms with Gasteiger partial charge in [-0.1, -0.05) is 0 Å². The molecular weight excluding hydrogens is 346 g/mol. The van der Waals surface area contributed by atoms with Gasteiger partial charge < -0.3 is 20.1 Å². The molecule has 26 heavy (non-hydrogen) atoms. The second-order valence-electron chi connectivity index (χ2n) is 5.73. The minimum Gasteiger partial charge on any atom is -0.478 e. The molecule has 0 spiro atoms. The Labute approximate surface area is 148 Å². The van der Waals surface area contributed by atoms with Gasteiger partial charge in [-0.3, -0.25) is 14.9 Å². The smallest absolute Gasteiger partial charge is 0.409 e. The predicted molar refractivity (Wildman–Crippen MR) is 89.1 cm³/mol. The van der Waals surface area contributed by atoms with Gasteiger partial charge in [-0.15, -0.1) is 0 Å². The van der Waals surface area contributed by atoms with E-state index in [1.165, 1.54) is 4.90 Å². The van der Waals surface area contributed by atoms with Gasteiger partial charge in [0.2, 0.25) is 0 Å². The van der Waals surface area contributed by atoms with E-state index < -0.39 is 22.9 Å². The lowest BCUT2D eigenvalue weighted by Crippen LogP contribution is -2.46. The topological polar surface area (TPSA) is 139 Å². The molecule has 1 heterocycles. The number of amides is 2. The number of carboxylic acid groups (broad SMARTS) is 1. The van der Waals surface area contributed by atoms with Crippen LogP contribution in [0.5, 0.6) is 0 Å². The zero-order chi connectivity index (χ0) is 19.3. The number of carbonyl (C=O) groups is 3. The summed E-state index contributed by atoms with van der Waals surface area (Å²) in [6.45, 7) is 2.78. The van der Waals surface area contributed by atoms with E-state index in [1.807, 2.05) is 0 Å². The van der Waals surface area contributed by atoms with E-state index in [2.05, 4.69) is 5.32 Å². The number of rotatable bonds is 5. The number of likely N-dealkylation sites (tertiary alicyclic amines) is 1. The van der Waals surface area contributed by atoms with Crippen molar-refractivity contribution in [3.63, 3.8) is 0 Å². The van der Waals surface area contributed by atoms with E-state index in [1.54, 1.807) is 6.92 Å². The number of carbonyl (C=O) groups excluding carboxylic acids is 2. The summed E-state index contributed by atoms with van der Waals surface area (Å²) in [5, 5.41) is 22.7. The Balaban J connectivity index is 2.06. The molecule has 0 aliphatic carbocycles. The number of ether oxygens (including phenoxy) is 1. The highest BCUT2D eigenvalue weighted by atomic mass is 16.6. The SMILES string of the molecule is CCOC(=O)N1CCC(NC(=O)c2cc([N+](=O)[O-])ccc2C(=O)O)CC1. The first kappa shape index (κ1) is 19.2. The average Bonchev–Trinajstić information content (AvgIpc) is 2.61. The molecule has 10 heteroatoms. The van der Waals surface area contributed by atoms with Gasteiger partial charge in [-0.2, -0.15) is 0 Å². The second-order valence-corrected chi connectivity index (χ2v) is 5.73. The van der Waals surface area contributed by atoms with Crippen molar-refractivity contribution in [1.82, 2.24) is 10.2 Å². The standard InChI is InChI=1S/C16H19N3O7/c1-2-26-16(23)18-7-5-10(6-8-18)17-14(20)13-9-11(19(24)25)3-4-12(13)15(21)22/h3-4,9-10H,2,5-8H2,1H3,(H,17,20)(H,21,22). The van der Waals surface area contributed by atoms with Crippen LogP contribution in [-0.2, 0) is 4.74 Å². The Hall–Kier alpha value is -3.17. The number of nitro benzene ring substituents is 1. The van der Waals surface area contributed by atoms with Crippen LogP contribution >= 0.6 is 0 Å². The van der Waals surface area contributed by atoms with E-state index in [0.29, 0.717) is 25.9 Å².